The van der Waals surface area contributed by atoms with Gasteiger partial charge in [0.1, 0.15) is 5.82 Å². The minimum Gasteiger partial charge on any atom is -0.223 e. The van der Waals surface area contributed by atoms with Gasteiger partial charge >= 0.3 is 0 Å². The van der Waals surface area contributed by atoms with Gasteiger partial charge in [0.05, 0.1) is 15.2 Å². The first-order valence-electron chi connectivity index (χ1n) is 5.21. The summed E-state index contributed by atoms with van der Waals surface area (Å²) in [7, 11) is -3.38. The number of benzene rings is 1. The summed E-state index contributed by atoms with van der Waals surface area (Å²) in [6, 6.07) is 3.43. The summed E-state index contributed by atoms with van der Waals surface area (Å²) in [6.45, 7) is 0. The van der Waals surface area contributed by atoms with Crippen LogP contribution in [0.2, 0.25) is 5.02 Å². The number of hydrogen-bond donors (Lipinski definition) is 0. The second kappa shape index (κ2) is 4.34. The molecule has 0 heterocycles. The monoisotopic (exact) mass is 262 g/mol. The Bertz CT molecular complexity index is 493. The van der Waals surface area contributed by atoms with E-state index in [0.717, 1.165) is 25.0 Å². The molecule has 1 aliphatic rings. The van der Waals surface area contributed by atoms with Gasteiger partial charge in [0, 0.05) is 0 Å². The van der Waals surface area contributed by atoms with Crippen LogP contribution in [0.15, 0.2) is 23.1 Å². The van der Waals surface area contributed by atoms with E-state index in [9.17, 15) is 12.8 Å². The summed E-state index contributed by atoms with van der Waals surface area (Å²) in [5, 5.41) is -0.373. The maximum Gasteiger partial charge on any atom is 0.182 e. The Kier molecular flexibility index (Phi) is 3.22. The molecule has 0 spiro atoms. The summed E-state index contributed by atoms with van der Waals surface area (Å²) in [4.78, 5) is 0.0578. The number of rotatable bonds is 2. The largest absolute Gasteiger partial charge is 0.223 e. The third-order valence-electron chi connectivity index (χ3n) is 2.94. The van der Waals surface area contributed by atoms with Crippen molar-refractivity contribution in [1.82, 2.24) is 0 Å². The standard InChI is InChI=1S/C11H12ClFO2S/c12-10-7-8(13)5-6-11(10)16(14,15)9-3-1-2-4-9/h5-7,9H,1-4H2. The van der Waals surface area contributed by atoms with E-state index in [1.165, 1.54) is 6.07 Å². The zero-order chi connectivity index (χ0) is 11.8. The third-order valence-corrected chi connectivity index (χ3v) is 5.68. The minimum atomic E-state index is -3.38. The molecule has 0 amide bonds. The first kappa shape index (κ1) is 11.9. The summed E-state index contributed by atoms with van der Waals surface area (Å²) in [5.74, 6) is -0.518. The third kappa shape index (κ3) is 2.09. The van der Waals surface area contributed by atoms with Crippen LogP contribution >= 0.6 is 11.6 Å². The van der Waals surface area contributed by atoms with Gasteiger partial charge in [0.2, 0.25) is 0 Å². The fourth-order valence-electron chi connectivity index (χ4n) is 2.08. The molecule has 88 valence electrons. The molecule has 0 bridgehead atoms. The molecule has 0 radical (unpaired) electrons. The highest BCUT2D eigenvalue weighted by molar-refractivity contribution is 7.92. The van der Waals surface area contributed by atoms with E-state index >= 15 is 0 Å². The molecule has 0 aromatic heterocycles. The van der Waals surface area contributed by atoms with Crippen molar-refractivity contribution < 1.29 is 12.8 Å². The fraction of sp³-hybridized carbons (Fsp3) is 0.455. The lowest BCUT2D eigenvalue weighted by atomic mass is 10.3. The summed E-state index contributed by atoms with van der Waals surface area (Å²) < 4.78 is 37.2. The Morgan fingerprint density at radius 3 is 2.44 bits per heavy atom. The van der Waals surface area contributed by atoms with Crippen LogP contribution in [-0.2, 0) is 9.84 Å². The zero-order valence-electron chi connectivity index (χ0n) is 8.62. The van der Waals surface area contributed by atoms with Crippen LogP contribution in [0.1, 0.15) is 25.7 Å². The van der Waals surface area contributed by atoms with Crippen LogP contribution in [0.25, 0.3) is 0 Å². The number of halogens is 2. The summed E-state index contributed by atoms with van der Waals surface area (Å²) in [6.07, 6.45) is 3.22. The Morgan fingerprint density at radius 2 is 1.88 bits per heavy atom. The lowest BCUT2D eigenvalue weighted by molar-refractivity contribution is 0.579. The lowest BCUT2D eigenvalue weighted by Gasteiger charge is -2.12. The van der Waals surface area contributed by atoms with Crippen LogP contribution < -0.4 is 0 Å². The smallest absolute Gasteiger partial charge is 0.182 e. The molecule has 0 N–H and O–H groups in total. The van der Waals surface area contributed by atoms with E-state index in [1.807, 2.05) is 0 Å². The van der Waals surface area contributed by atoms with Crippen molar-refractivity contribution in [3.05, 3.63) is 29.0 Å². The van der Waals surface area contributed by atoms with Crippen molar-refractivity contribution in [2.75, 3.05) is 0 Å². The van der Waals surface area contributed by atoms with Crippen molar-refractivity contribution in [3.8, 4) is 0 Å². The Morgan fingerprint density at radius 1 is 1.25 bits per heavy atom. The zero-order valence-corrected chi connectivity index (χ0v) is 10.2. The van der Waals surface area contributed by atoms with Crippen molar-refractivity contribution in [3.63, 3.8) is 0 Å². The van der Waals surface area contributed by atoms with Crippen molar-refractivity contribution in [2.45, 2.75) is 35.8 Å². The fourth-order valence-corrected chi connectivity index (χ4v) is 4.48. The molecular weight excluding hydrogens is 251 g/mol. The van der Waals surface area contributed by atoms with Crippen LogP contribution in [0.5, 0.6) is 0 Å². The van der Waals surface area contributed by atoms with E-state index in [1.54, 1.807) is 0 Å². The first-order valence-corrected chi connectivity index (χ1v) is 7.13. The molecule has 2 nitrogen and oxygen atoms in total. The normalized spacial score (nSPS) is 17.9. The molecule has 1 aliphatic carbocycles. The second-order valence-electron chi connectivity index (χ2n) is 4.03. The topological polar surface area (TPSA) is 34.1 Å². The highest BCUT2D eigenvalue weighted by atomic mass is 35.5. The number of hydrogen-bond acceptors (Lipinski definition) is 2. The molecule has 5 heteroatoms. The maximum atomic E-state index is 12.8. The molecule has 2 rings (SSSR count). The van der Waals surface area contributed by atoms with Crippen molar-refractivity contribution in [1.29, 1.82) is 0 Å². The predicted molar refractivity (Wildman–Crippen MR) is 60.9 cm³/mol. The van der Waals surface area contributed by atoms with E-state index in [2.05, 4.69) is 0 Å². The van der Waals surface area contributed by atoms with Crippen LogP contribution in [0.4, 0.5) is 4.39 Å². The van der Waals surface area contributed by atoms with E-state index in [4.69, 9.17) is 11.6 Å². The second-order valence-corrected chi connectivity index (χ2v) is 6.63. The molecule has 0 aliphatic heterocycles. The van der Waals surface area contributed by atoms with Gasteiger partial charge in [-0.3, -0.25) is 0 Å². The molecule has 1 aromatic carbocycles. The minimum absolute atomic E-state index is 0.0214. The highest BCUT2D eigenvalue weighted by Gasteiger charge is 2.31. The average Bonchev–Trinajstić information content (AvgIpc) is 2.69. The van der Waals surface area contributed by atoms with E-state index in [0.29, 0.717) is 12.8 Å². The molecule has 1 saturated carbocycles. The molecular formula is C11H12ClFO2S. The predicted octanol–water partition coefficient (Wildman–Crippen LogP) is 3.20. The van der Waals surface area contributed by atoms with Gasteiger partial charge in [-0.15, -0.1) is 0 Å². The SMILES string of the molecule is O=S(=O)(c1ccc(F)cc1Cl)C1CCCC1. The molecule has 1 aromatic rings. The van der Waals surface area contributed by atoms with E-state index in [-0.39, 0.29) is 15.2 Å². The quantitative estimate of drug-likeness (QED) is 0.767. The van der Waals surface area contributed by atoms with Gasteiger partial charge in [-0.05, 0) is 31.0 Å². The maximum absolute atomic E-state index is 12.8. The first-order chi connectivity index (χ1) is 7.51. The van der Waals surface area contributed by atoms with E-state index < -0.39 is 15.7 Å². The van der Waals surface area contributed by atoms with Crippen LogP contribution in [-0.4, -0.2) is 13.7 Å². The van der Waals surface area contributed by atoms with Gasteiger partial charge < -0.3 is 0 Å². The van der Waals surface area contributed by atoms with Gasteiger partial charge in [-0.2, -0.15) is 0 Å². The Hall–Kier alpha value is -0.610. The summed E-state index contributed by atoms with van der Waals surface area (Å²) in [5.41, 5.74) is 0. The van der Waals surface area contributed by atoms with Crippen molar-refractivity contribution >= 4 is 21.4 Å². The van der Waals surface area contributed by atoms with Crippen LogP contribution in [0, 0.1) is 5.82 Å². The van der Waals surface area contributed by atoms with Gasteiger partial charge in [0.15, 0.2) is 9.84 Å². The average molecular weight is 263 g/mol. The van der Waals surface area contributed by atoms with Gasteiger partial charge in [-0.1, -0.05) is 24.4 Å². The molecule has 0 atom stereocenters. The van der Waals surface area contributed by atoms with Gasteiger partial charge in [0.25, 0.3) is 0 Å². The lowest BCUT2D eigenvalue weighted by Crippen LogP contribution is -2.18. The molecule has 0 unspecified atom stereocenters. The highest BCUT2D eigenvalue weighted by Crippen LogP contribution is 2.33. The Balaban J connectivity index is 2.42. The van der Waals surface area contributed by atoms with Crippen molar-refractivity contribution in [2.24, 2.45) is 0 Å². The molecule has 0 saturated heterocycles. The Labute approximate surface area is 99.3 Å². The molecule has 1 fully saturated rings. The number of sulfone groups is 1. The van der Waals surface area contributed by atoms with Crippen LogP contribution in [0.3, 0.4) is 0 Å². The molecule has 16 heavy (non-hydrogen) atoms. The van der Waals surface area contributed by atoms with Gasteiger partial charge in [-0.25, -0.2) is 12.8 Å². The summed E-state index contributed by atoms with van der Waals surface area (Å²) >= 11 is 5.77.